The molecular formula is C12H15ClN6O. The number of anilines is 1. The summed E-state index contributed by atoms with van der Waals surface area (Å²) in [5, 5.41) is 8.44. The number of hydrogen-bond acceptors (Lipinski definition) is 6. The molecule has 0 saturated carbocycles. The molecule has 0 aromatic carbocycles. The van der Waals surface area contributed by atoms with E-state index in [1.807, 2.05) is 11.5 Å². The Morgan fingerprint density at radius 1 is 1.35 bits per heavy atom. The first-order valence-electron chi connectivity index (χ1n) is 6.49. The molecule has 1 aliphatic heterocycles. The number of fused-ring (bicyclic) bond motifs is 1. The number of hydrogen-bond donors (Lipinski definition) is 0. The molecule has 0 amide bonds. The Hall–Kier alpha value is -1.73. The van der Waals surface area contributed by atoms with Gasteiger partial charge in [0.2, 0.25) is 0 Å². The number of halogens is 1. The van der Waals surface area contributed by atoms with E-state index < -0.39 is 0 Å². The van der Waals surface area contributed by atoms with Crippen LogP contribution in [-0.4, -0.2) is 37.9 Å². The lowest BCUT2D eigenvalue weighted by atomic mass is 10.3. The fourth-order valence-corrected chi connectivity index (χ4v) is 2.33. The van der Waals surface area contributed by atoms with Gasteiger partial charge in [0.25, 0.3) is 0 Å². The molecule has 1 aliphatic rings. The van der Waals surface area contributed by atoms with E-state index in [0.29, 0.717) is 30.7 Å². The Morgan fingerprint density at radius 2 is 2.25 bits per heavy atom. The van der Waals surface area contributed by atoms with Gasteiger partial charge in [-0.1, -0.05) is 11.6 Å². The minimum atomic E-state index is 0.369. The average molecular weight is 295 g/mol. The third-order valence-electron chi connectivity index (χ3n) is 3.13. The summed E-state index contributed by atoms with van der Waals surface area (Å²) in [7, 11) is 0. The molecule has 2 aromatic heterocycles. The zero-order chi connectivity index (χ0) is 13.9. The summed E-state index contributed by atoms with van der Waals surface area (Å²) in [6.45, 7) is 5.27. The van der Waals surface area contributed by atoms with E-state index in [0.717, 1.165) is 24.7 Å². The topological polar surface area (TPSA) is 69.0 Å². The van der Waals surface area contributed by atoms with Gasteiger partial charge >= 0.3 is 0 Å². The van der Waals surface area contributed by atoms with E-state index in [-0.39, 0.29) is 0 Å². The van der Waals surface area contributed by atoms with Crippen molar-refractivity contribution < 1.29 is 4.74 Å². The van der Waals surface area contributed by atoms with Gasteiger partial charge in [-0.2, -0.15) is 0 Å². The number of ether oxygens (including phenoxy) is 1. The highest BCUT2D eigenvalue weighted by atomic mass is 35.5. The monoisotopic (exact) mass is 294 g/mol. The van der Waals surface area contributed by atoms with Crippen molar-refractivity contribution in [2.45, 2.75) is 26.6 Å². The van der Waals surface area contributed by atoms with Crippen LogP contribution < -0.4 is 4.90 Å². The van der Waals surface area contributed by atoms with Crippen LogP contribution in [0.4, 0.5) is 5.82 Å². The van der Waals surface area contributed by atoms with Crippen LogP contribution in [0, 0.1) is 0 Å². The fraction of sp³-hybridized carbons (Fsp3) is 0.500. The van der Waals surface area contributed by atoms with Crippen molar-refractivity contribution in [3.05, 3.63) is 29.2 Å². The van der Waals surface area contributed by atoms with E-state index >= 15 is 0 Å². The molecule has 20 heavy (non-hydrogen) atoms. The second-order valence-corrected chi connectivity index (χ2v) is 4.85. The summed E-state index contributed by atoms with van der Waals surface area (Å²) >= 11 is 6.06. The zero-order valence-corrected chi connectivity index (χ0v) is 11.9. The van der Waals surface area contributed by atoms with Crippen molar-refractivity contribution in [3.8, 4) is 0 Å². The van der Waals surface area contributed by atoms with Crippen LogP contribution in [0.5, 0.6) is 0 Å². The molecular weight excluding hydrogens is 280 g/mol. The first-order chi connectivity index (χ1) is 9.76. The molecule has 7 nitrogen and oxygen atoms in total. The summed E-state index contributed by atoms with van der Waals surface area (Å²) in [6.07, 6.45) is 1.75. The normalized spacial score (nSPS) is 14.4. The first kappa shape index (κ1) is 13.3. The Kier molecular flexibility index (Phi) is 3.79. The van der Waals surface area contributed by atoms with Gasteiger partial charge in [0, 0.05) is 25.8 Å². The third kappa shape index (κ3) is 2.73. The van der Waals surface area contributed by atoms with Gasteiger partial charge in [-0.25, -0.2) is 9.97 Å². The van der Waals surface area contributed by atoms with Gasteiger partial charge in [0.05, 0.1) is 6.54 Å². The first-order valence-corrected chi connectivity index (χ1v) is 6.87. The minimum Gasteiger partial charge on any atom is -0.374 e. The highest BCUT2D eigenvalue weighted by molar-refractivity contribution is 6.29. The minimum absolute atomic E-state index is 0.369. The summed E-state index contributed by atoms with van der Waals surface area (Å²) < 4.78 is 7.37. The van der Waals surface area contributed by atoms with Crippen LogP contribution in [0.1, 0.15) is 18.6 Å². The predicted octanol–water partition coefficient (Wildman–Crippen LogP) is 1.28. The van der Waals surface area contributed by atoms with Crippen molar-refractivity contribution in [3.63, 3.8) is 0 Å². The molecule has 3 rings (SSSR count). The van der Waals surface area contributed by atoms with E-state index in [4.69, 9.17) is 16.3 Å². The number of nitrogens with zero attached hydrogens (tertiary/aromatic N) is 6. The molecule has 106 valence electrons. The Bertz CT molecular complexity index is 601. The van der Waals surface area contributed by atoms with Crippen LogP contribution in [0.3, 0.4) is 0 Å². The lowest BCUT2D eigenvalue weighted by Crippen LogP contribution is -2.34. The molecule has 0 N–H and O–H groups in total. The van der Waals surface area contributed by atoms with Gasteiger partial charge in [-0.05, 0) is 6.92 Å². The third-order valence-corrected chi connectivity index (χ3v) is 3.32. The zero-order valence-electron chi connectivity index (χ0n) is 11.2. The van der Waals surface area contributed by atoms with E-state index in [9.17, 15) is 0 Å². The molecule has 0 bridgehead atoms. The maximum atomic E-state index is 6.06. The Labute approximate surface area is 121 Å². The SMILES string of the molecule is CCOCc1nc(Cl)cc(N2CCn3cnnc3C2)n1. The number of aromatic nitrogens is 5. The molecule has 0 radical (unpaired) electrons. The van der Waals surface area contributed by atoms with E-state index in [1.54, 1.807) is 12.4 Å². The van der Waals surface area contributed by atoms with Crippen molar-refractivity contribution in [1.82, 2.24) is 24.7 Å². The fourth-order valence-electron chi connectivity index (χ4n) is 2.13. The molecule has 0 aliphatic carbocycles. The van der Waals surface area contributed by atoms with E-state index in [1.165, 1.54) is 0 Å². The van der Waals surface area contributed by atoms with Gasteiger partial charge in [0.15, 0.2) is 11.6 Å². The summed E-state index contributed by atoms with van der Waals surface area (Å²) in [4.78, 5) is 10.8. The van der Waals surface area contributed by atoms with Crippen molar-refractivity contribution in [2.24, 2.45) is 0 Å². The summed E-state index contributed by atoms with van der Waals surface area (Å²) in [6, 6.07) is 1.77. The van der Waals surface area contributed by atoms with Crippen LogP contribution >= 0.6 is 11.6 Å². The maximum Gasteiger partial charge on any atom is 0.158 e. The number of rotatable bonds is 4. The molecule has 0 atom stereocenters. The summed E-state index contributed by atoms with van der Waals surface area (Å²) in [5.41, 5.74) is 0. The Balaban J connectivity index is 1.82. The van der Waals surface area contributed by atoms with Crippen molar-refractivity contribution >= 4 is 17.4 Å². The van der Waals surface area contributed by atoms with Crippen LogP contribution in [0.25, 0.3) is 0 Å². The standard InChI is InChI=1S/C12H15ClN6O/c1-2-20-7-10-15-9(13)5-11(16-10)18-3-4-19-8-14-17-12(19)6-18/h5,8H,2-4,6-7H2,1H3. The maximum absolute atomic E-state index is 6.06. The van der Waals surface area contributed by atoms with Crippen molar-refractivity contribution in [2.75, 3.05) is 18.1 Å². The molecule has 0 fully saturated rings. The average Bonchev–Trinajstić information content (AvgIpc) is 2.92. The largest absolute Gasteiger partial charge is 0.374 e. The Morgan fingerprint density at radius 3 is 3.10 bits per heavy atom. The predicted molar refractivity (Wildman–Crippen MR) is 73.4 cm³/mol. The summed E-state index contributed by atoms with van der Waals surface area (Å²) in [5.74, 6) is 2.33. The van der Waals surface area contributed by atoms with Gasteiger partial charge in [0.1, 0.15) is 23.9 Å². The highest BCUT2D eigenvalue weighted by Crippen LogP contribution is 2.20. The lowest BCUT2D eigenvalue weighted by Gasteiger charge is -2.28. The van der Waals surface area contributed by atoms with Crippen LogP contribution in [-0.2, 0) is 24.4 Å². The quantitative estimate of drug-likeness (QED) is 0.791. The van der Waals surface area contributed by atoms with Gasteiger partial charge < -0.3 is 14.2 Å². The van der Waals surface area contributed by atoms with Crippen LogP contribution in [0.2, 0.25) is 5.15 Å². The molecule has 2 aromatic rings. The molecule has 3 heterocycles. The van der Waals surface area contributed by atoms with Gasteiger partial charge in [-0.15, -0.1) is 10.2 Å². The van der Waals surface area contributed by atoms with Gasteiger partial charge in [-0.3, -0.25) is 0 Å². The highest BCUT2D eigenvalue weighted by Gasteiger charge is 2.19. The lowest BCUT2D eigenvalue weighted by molar-refractivity contribution is 0.128. The van der Waals surface area contributed by atoms with Crippen LogP contribution in [0.15, 0.2) is 12.4 Å². The molecule has 0 unspecified atom stereocenters. The smallest absolute Gasteiger partial charge is 0.158 e. The second kappa shape index (κ2) is 5.72. The van der Waals surface area contributed by atoms with Crippen molar-refractivity contribution in [1.29, 1.82) is 0 Å². The molecule has 8 heteroatoms. The molecule has 0 spiro atoms. The second-order valence-electron chi connectivity index (χ2n) is 4.46. The molecule has 0 saturated heterocycles. The van der Waals surface area contributed by atoms with E-state index in [2.05, 4.69) is 25.1 Å².